The highest BCUT2D eigenvalue weighted by Gasteiger charge is 2.10. The molecule has 0 aliphatic carbocycles. The van der Waals surface area contributed by atoms with Gasteiger partial charge in [0.05, 0.1) is 46.6 Å². The molecule has 0 unspecified atom stereocenters. The summed E-state index contributed by atoms with van der Waals surface area (Å²) in [4.78, 5) is 11.6. The Bertz CT molecular complexity index is 2670. The minimum Gasteiger partial charge on any atom is -0.263 e. The van der Waals surface area contributed by atoms with Crippen LogP contribution in [0, 0.1) is 34.6 Å². The third-order valence-corrected chi connectivity index (χ3v) is 12.6. The van der Waals surface area contributed by atoms with Crippen LogP contribution in [0.4, 0.5) is 0 Å². The molecule has 9 heterocycles. The molecule has 9 rings (SSSR count). The standard InChI is InChI=1S/2C7H13N3.3C6H11N3.C6H10N2S.C5H9N3.C5H8N2S.C4H8N4/c1-5(2)7-8-6(3)10(4)9-7;1-5(2)7-6(3)8-10(4)9-7;1-5(2)6-4-7-9(3)8-6;1-4(2)6-7-5(3)8-9-6;1-4(2)6-5(3)7-9-8-6;1-4(2)6-8-7-5(3)9-6;1-4(2)5-3-6-8-7-5;1-4(2)5-7-6-3-8-5;1-3(2)4-5-7-8-6-4/h2*5H,1-4H3;4-5H,1-3H3;2*4H,1-3H3,(H,7,8,9);4H,1-3H3;3-4H,1-2H3,(H,6,7,8);3-4H,1-2H3;3H,1-2H3,(H,5,6,7,8). The van der Waals surface area contributed by atoms with E-state index in [2.05, 4.69) is 228 Å². The molecular formula is C52H94N26S2. The van der Waals surface area contributed by atoms with E-state index in [1.165, 1.54) is 0 Å². The first-order valence-corrected chi connectivity index (χ1v) is 28.7. The topological polar surface area (TPSA) is 323 Å². The molecule has 0 aliphatic heterocycles. The second-order valence-corrected chi connectivity index (χ2v) is 23.2. The zero-order chi connectivity index (χ0) is 60.8. The van der Waals surface area contributed by atoms with Gasteiger partial charge in [0, 0.05) is 50.7 Å². The maximum absolute atomic E-state index is 4.26. The SMILES string of the molecule is CC(C)c1cn[nH]n1.CC(C)c1cnn(C)n1.CC(C)c1nn[nH]n1.CC(C)c1nncs1.Cc1n[nH]nc1C(C)C.Cc1nc(C(C)C)n[nH]1.Cc1nc(C(C)C)nn1C.Cc1nn(C)nc1C(C)C.Cc1nnc(C(C)C)s1. The number of rotatable bonds is 9. The highest BCUT2D eigenvalue weighted by molar-refractivity contribution is 7.11. The molecule has 444 valence electrons. The average Bonchev–Trinajstić information content (AvgIpc) is 4.21. The summed E-state index contributed by atoms with van der Waals surface area (Å²) in [6.07, 6.45) is 3.54. The molecule has 0 radical (unpaired) electrons. The Hall–Kier alpha value is -6.97. The molecule has 4 N–H and O–H groups in total. The number of hydrogen-bond acceptors (Lipinski definition) is 21. The molecule has 28 heteroatoms. The van der Waals surface area contributed by atoms with Crippen molar-refractivity contribution in [2.24, 2.45) is 21.1 Å². The van der Waals surface area contributed by atoms with Gasteiger partial charge >= 0.3 is 0 Å². The number of H-pyrrole nitrogens is 4. The van der Waals surface area contributed by atoms with E-state index in [0.29, 0.717) is 53.3 Å². The molecule has 80 heavy (non-hydrogen) atoms. The van der Waals surface area contributed by atoms with Gasteiger partial charge in [-0.25, -0.2) is 9.97 Å². The van der Waals surface area contributed by atoms with E-state index in [-0.39, 0.29) is 0 Å². The molecule has 0 spiro atoms. The van der Waals surface area contributed by atoms with E-state index in [1.807, 2.05) is 69.6 Å². The van der Waals surface area contributed by atoms with Crippen LogP contribution >= 0.6 is 22.7 Å². The Kier molecular flexibility index (Phi) is 32.9. The highest BCUT2D eigenvalue weighted by atomic mass is 32.1. The van der Waals surface area contributed by atoms with Gasteiger partial charge in [-0.05, 0) is 58.3 Å². The summed E-state index contributed by atoms with van der Waals surface area (Å²) >= 11 is 3.28. The lowest BCUT2D eigenvalue weighted by atomic mass is 10.1. The van der Waals surface area contributed by atoms with Gasteiger partial charge in [0.15, 0.2) is 17.5 Å². The third-order valence-electron chi connectivity index (χ3n) is 10.4. The van der Waals surface area contributed by atoms with E-state index >= 15 is 0 Å². The number of aromatic nitrogens is 26. The molecule has 0 saturated heterocycles. The molecule has 0 amide bonds. The van der Waals surface area contributed by atoms with Gasteiger partial charge < -0.3 is 0 Å². The molecule has 26 nitrogen and oxygen atoms in total. The Balaban J connectivity index is 0.000000450. The number of tetrazole rings is 1. The molecule has 0 fully saturated rings. The fraction of sp³-hybridized carbons (Fsp3) is 0.673. The smallest absolute Gasteiger partial charge is 0.177 e. The van der Waals surface area contributed by atoms with Gasteiger partial charge in [0.25, 0.3) is 0 Å². The van der Waals surface area contributed by atoms with E-state index in [0.717, 1.165) is 78.3 Å². The van der Waals surface area contributed by atoms with E-state index in [1.54, 1.807) is 54.9 Å². The zero-order valence-corrected chi connectivity index (χ0v) is 54.2. The third kappa shape index (κ3) is 28.3. The van der Waals surface area contributed by atoms with Crippen LogP contribution in [0.15, 0.2) is 17.9 Å². The second-order valence-electron chi connectivity index (χ2n) is 21.1. The Morgan fingerprint density at radius 1 is 0.450 bits per heavy atom. The molecule has 0 saturated carbocycles. The lowest BCUT2D eigenvalue weighted by molar-refractivity contribution is 0.634. The number of aromatic amines is 4. The van der Waals surface area contributed by atoms with E-state index in [9.17, 15) is 0 Å². The van der Waals surface area contributed by atoms with E-state index in [4.69, 9.17) is 0 Å². The first kappa shape index (κ1) is 71.0. The Morgan fingerprint density at radius 2 is 1.06 bits per heavy atom. The molecular weight excluding hydrogens is 1050 g/mol. The van der Waals surface area contributed by atoms with Crippen LogP contribution < -0.4 is 0 Å². The molecule has 9 aromatic rings. The lowest BCUT2D eigenvalue weighted by Crippen LogP contribution is -1.94. The summed E-state index contributed by atoms with van der Waals surface area (Å²) in [7, 11) is 5.58. The van der Waals surface area contributed by atoms with Crippen LogP contribution in [-0.4, -0.2) is 132 Å². The van der Waals surface area contributed by atoms with Crippen molar-refractivity contribution in [3.63, 3.8) is 0 Å². The number of hydrogen-bond donors (Lipinski definition) is 4. The normalized spacial score (nSPS) is 10.6. The monoisotopic (exact) mass is 1150 g/mol. The van der Waals surface area contributed by atoms with Gasteiger partial charge in [-0.15, -0.1) is 53.3 Å². The van der Waals surface area contributed by atoms with Gasteiger partial charge in [-0.3, -0.25) is 9.78 Å². The van der Waals surface area contributed by atoms with Crippen molar-refractivity contribution >= 4 is 22.7 Å². The molecule has 9 aromatic heterocycles. The molecule has 0 aromatic carbocycles. The quantitative estimate of drug-likeness (QED) is 0.104. The maximum atomic E-state index is 4.26. The van der Waals surface area contributed by atoms with Crippen molar-refractivity contribution in [2.75, 3.05) is 0 Å². The summed E-state index contributed by atoms with van der Waals surface area (Å²) in [6.45, 7) is 47.4. The number of aryl methyl sites for hydroxylation is 8. The largest absolute Gasteiger partial charge is 0.263 e. The maximum Gasteiger partial charge on any atom is 0.177 e. The van der Waals surface area contributed by atoms with Crippen molar-refractivity contribution in [1.82, 2.24) is 132 Å². The van der Waals surface area contributed by atoms with Crippen LogP contribution in [0.25, 0.3) is 0 Å². The van der Waals surface area contributed by atoms with Gasteiger partial charge in [0.1, 0.15) is 32.2 Å². The summed E-state index contributed by atoms with van der Waals surface area (Å²) in [6, 6.07) is 0. The lowest BCUT2D eigenvalue weighted by Gasteiger charge is -1.97. The fourth-order valence-electron chi connectivity index (χ4n) is 5.75. The highest BCUT2D eigenvalue weighted by Crippen LogP contribution is 2.18. The van der Waals surface area contributed by atoms with Gasteiger partial charge in [-0.2, -0.15) is 76.2 Å². The summed E-state index contributed by atoms with van der Waals surface area (Å²) < 4.78 is 1.80. The van der Waals surface area contributed by atoms with Crippen molar-refractivity contribution in [2.45, 2.75) is 213 Å². The van der Waals surface area contributed by atoms with Crippen LogP contribution in [0.3, 0.4) is 0 Å². The van der Waals surface area contributed by atoms with Crippen molar-refractivity contribution in [3.05, 3.63) is 96.2 Å². The minimum absolute atomic E-state index is 0.369. The van der Waals surface area contributed by atoms with Gasteiger partial charge in [-0.1, -0.05) is 130 Å². The Labute approximate surface area is 482 Å². The van der Waals surface area contributed by atoms with Crippen LogP contribution in [0.2, 0.25) is 0 Å². The van der Waals surface area contributed by atoms with Gasteiger partial charge in [0.2, 0.25) is 0 Å². The summed E-state index contributed by atoms with van der Waals surface area (Å²) in [5, 5.41) is 80.1. The summed E-state index contributed by atoms with van der Waals surface area (Å²) in [5.41, 5.74) is 8.04. The fourth-order valence-corrected chi connectivity index (χ4v) is 7.02. The number of nitrogens with zero attached hydrogens (tertiary/aromatic N) is 22. The predicted octanol–water partition coefficient (Wildman–Crippen LogP) is 10.8. The first-order valence-electron chi connectivity index (χ1n) is 27.0. The van der Waals surface area contributed by atoms with Crippen molar-refractivity contribution in [3.8, 4) is 0 Å². The summed E-state index contributed by atoms with van der Waals surface area (Å²) in [5.74, 6) is 8.66. The molecule has 0 atom stereocenters. The Morgan fingerprint density at radius 3 is 1.29 bits per heavy atom. The second kappa shape index (κ2) is 37.1. The first-order chi connectivity index (χ1) is 37.4. The minimum atomic E-state index is 0.369. The van der Waals surface area contributed by atoms with Crippen molar-refractivity contribution in [1.29, 1.82) is 0 Å². The molecule has 0 aliphatic rings. The average molecular weight is 1150 g/mol. The van der Waals surface area contributed by atoms with Crippen LogP contribution in [-0.2, 0) is 21.1 Å². The molecule has 0 bridgehead atoms. The predicted molar refractivity (Wildman–Crippen MR) is 317 cm³/mol. The number of nitrogens with one attached hydrogen (secondary N) is 4. The van der Waals surface area contributed by atoms with Crippen molar-refractivity contribution < 1.29 is 0 Å². The zero-order valence-electron chi connectivity index (χ0n) is 52.6. The van der Waals surface area contributed by atoms with Crippen LogP contribution in [0.5, 0.6) is 0 Å². The van der Waals surface area contributed by atoms with E-state index < -0.39 is 0 Å². The van der Waals surface area contributed by atoms with Crippen LogP contribution in [0.1, 0.15) is 256 Å².